The molecule has 2 fully saturated rings. The van der Waals surface area contributed by atoms with E-state index in [0.29, 0.717) is 29.4 Å². The van der Waals surface area contributed by atoms with E-state index < -0.39 is 0 Å². The minimum absolute atomic E-state index is 0.227. The lowest BCUT2D eigenvalue weighted by Gasteiger charge is -2.20. The van der Waals surface area contributed by atoms with Crippen molar-refractivity contribution in [3.05, 3.63) is 24.1 Å². The molecule has 122 valence electrons. The van der Waals surface area contributed by atoms with Crippen LogP contribution in [0.3, 0.4) is 0 Å². The monoisotopic (exact) mass is 317 g/mol. The molecular weight excluding hydrogens is 298 g/mol. The van der Waals surface area contributed by atoms with Crippen LogP contribution in [-0.4, -0.2) is 53.0 Å². The summed E-state index contributed by atoms with van der Waals surface area (Å²) in [6, 6.07) is 1.86. The zero-order valence-electron chi connectivity index (χ0n) is 13.2. The number of nitrogens with zero attached hydrogens (tertiary/aromatic N) is 5. The topological polar surface area (TPSA) is 86.4 Å². The molecule has 3 atom stereocenters. The Balaban J connectivity index is 1.46. The molecule has 2 aromatic heterocycles. The average Bonchev–Trinajstić information content (AvgIpc) is 3.25. The molecule has 0 unspecified atom stereocenters. The second-order valence-electron chi connectivity index (χ2n) is 6.06. The Kier molecular flexibility index (Phi) is 3.60. The Bertz CT molecular complexity index is 691. The average molecular weight is 317 g/mol. The maximum absolute atomic E-state index is 5.97. The van der Waals surface area contributed by atoms with Crippen molar-refractivity contribution in [2.45, 2.75) is 19.4 Å². The molecule has 2 saturated heterocycles. The van der Waals surface area contributed by atoms with Crippen molar-refractivity contribution >= 4 is 5.82 Å². The van der Waals surface area contributed by atoms with Gasteiger partial charge in [-0.1, -0.05) is 5.16 Å². The van der Waals surface area contributed by atoms with Gasteiger partial charge in [-0.3, -0.25) is 0 Å². The van der Waals surface area contributed by atoms with Crippen molar-refractivity contribution < 1.29 is 14.0 Å². The Morgan fingerprint density at radius 1 is 1.35 bits per heavy atom. The number of ether oxygens (including phenoxy) is 2. The highest BCUT2D eigenvalue weighted by Gasteiger charge is 2.44. The van der Waals surface area contributed by atoms with Crippen LogP contribution in [0.5, 0.6) is 5.88 Å². The highest BCUT2D eigenvalue weighted by Crippen LogP contribution is 2.37. The fourth-order valence-electron chi connectivity index (χ4n) is 3.46. The van der Waals surface area contributed by atoms with E-state index >= 15 is 0 Å². The summed E-state index contributed by atoms with van der Waals surface area (Å²) in [7, 11) is 1.61. The van der Waals surface area contributed by atoms with E-state index in [9.17, 15) is 0 Å². The molecule has 0 N–H and O–H groups in total. The number of aromatic nitrogens is 4. The number of hydrogen-bond donors (Lipinski definition) is 0. The van der Waals surface area contributed by atoms with Gasteiger partial charge in [0.2, 0.25) is 11.8 Å². The number of methoxy groups -OCH3 is 1. The first-order chi connectivity index (χ1) is 11.2. The van der Waals surface area contributed by atoms with Crippen LogP contribution >= 0.6 is 0 Å². The maximum Gasteiger partial charge on any atom is 0.227 e. The van der Waals surface area contributed by atoms with Crippen molar-refractivity contribution in [1.82, 2.24) is 20.1 Å². The fraction of sp³-hybridized carbons (Fsp3) is 0.600. The van der Waals surface area contributed by atoms with E-state index in [1.807, 2.05) is 13.0 Å². The second kappa shape index (κ2) is 5.77. The summed E-state index contributed by atoms with van der Waals surface area (Å²) in [6.07, 6.45) is 2.52. The van der Waals surface area contributed by atoms with Crippen LogP contribution in [0.1, 0.15) is 11.7 Å². The lowest BCUT2D eigenvalue weighted by molar-refractivity contribution is 0.111. The summed E-state index contributed by atoms with van der Waals surface area (Å²) in [4.78, 5) is 14.9. The quantitative estimate of drug-likeness (QED) is 0.821. The first-order valence-electron chi connectivity index (χ1n) is 7.74. The minimum Gasteiger partial charge on any atom is -0.481 e. The molecule has 4 heterocycles. The van der Waals surface area contributed by atoms with Gasteiger partial charge < -0.3 is 18.9 Å². The van der Waals surface area contributed by atoms with Gasteiger partial charge in [0.25, 0.3) is 0 Å². The summed E-state index contributed by atoms with van der Waals surface area (Å²) in [5, 5.41) is 3.86. The Hall–Kier alpha value is -2.22. The highest BCUT2D eigenvalue weighted by atomic mass is 16.5. The highest BCUT2D eigenvalue weighted by molar-refractivity contribution is 5.42. The van der Waals surface area contributed by atoms with Gasteiger partial charge >= 0.3 is 0 Å². The maximum atomic E-state index is 5.97. The molecule has 0 bridgehead atoms. The zero-order chi connectivity index (χ0) is 15.8. The van der Waals surface area contributed by atoms with E-state index in [1.54, 1.807) is 7.11 Å². The molecule has 0 spiro atoms. The van der Waals surface area contributed by atoms with E-state index in [-0.39, 0.29) is 6.10 Å². The third-order valence-electron chi connectivity index (χ3n) is 4.61. The van der Waals surface area contributed by atoms with Crippen LogP contribution in [0.4, 0.5) is 5.82 Å². The molecule has 4 rings (SSSR count). The number of fused-ring (bicyclic) bond motifs is 1. The summed E-state index contributed by atoms with van der Waals surface area (Å²) < 4.78 is 16.4. The van der Waals surface area contributed by atoms with Crippen LogP contribution in [0.15, 0.2) is 16.9 Å². The zero-order valence-corrected chi connectivity index (χ0v) is 13.2. The molecule has 8 nitrogen and oxygen atoms in total. The van der Waals surface area contributed by atoms with Gasteiger partial charge in [0.15, 0.2) is 5.82 Å². The molecule has 0 aliphatic carbocycles. The van der Waals surface area contributed by atoms with Crippen LogP contribution in [0.25, 0.3) is 0 Å². The molecule has 2 aliphatic rings. The van der Waals surface area contributed by atoms with Crippen LogP contribution in [0, 0.1) is 18.8 Å². The van der Waals surface area contributed by atoms with Crippen molar-refractivity contribution in [1.29, 1.82) is 0 Å². The number of anilines is 1. The van der Waals surface area contributed by atoms with Gasteiger partial charge in [0.1, 0.15) is 12.1 Å². The molecule has 8 heteroatoms. The Labute approximate surface area is 133 Å². The number of rotatable bonds is 4. The van der Waals surface area contributed by atoms with E-state index in [0.717, 1.165) is 31.9 Å². The van der Waals surface area contributed by atoms with Crippen molar-refractivity contribution in [2.75, 3.05) is 31.7 Å². The number of hydrogen-bond acceptors (Lipinski definition) is 8. The largest absolute Gasteiger partial charge is 0.481 e. The van der Waals surface area contributed by atoms with Gasteiger partial charge in [-0.25, -0.2) is 9.97 Å². The third kappa shape index (κ3) is 2.74. The van der Waals surface area contributed by atoms with Gasteiger partial charge in [-0.15, -0.1) is 0 Å². The summed E-state index contributed by atoms with van der Waals surface area (Å²) in [5.74, 6) is 3.67. The van der Waals surface area contributed by atoms with Crippen LogP contribution < -0.4 is 9.64 Å². The van der Waals surface area contributed by atoms with Crippen molar-refractivity contribution in [2.24, 2.45) is 11.8 Å². The minimum atomic E-state index is 0.227. The summed E-state index contributed by atoms with van der Waals surface area (Å²) >= 11 is 0. The standard InChI is InChI=1S/C15H19N5O3/c1-9-18-15(23-19-9)3-10-7-22-12-6-20(5-11(10)12)13-4-14(21-2)17-8-16-13/h4,8,10-12H,3,5-7H2,1-2H3/t10-,11-,12-/m1/s1. The fourth-order valence-corrected chi connectivity index (χ4v) is 3.46. The number of aryl methyl sites for hydroxylation is 1. The van der Waals surface area contributed by atoms with E-state index in [2.05, 4.69) is 25.0 Å². The SMILES string of the molecule is COc1cc(N2C[C@@H]3[C@H](Cc4nc(C)no4)CO[C@@H]3C2)ncn1. The summed E-state index contributed by atoms with van der Waals surface area (Å²) in [6.45, 7) is 4.32. The molecular formula is C15H19N5O3. The Morgan fingerprint density at radius 2 is 2.26 bits per heavy atom. The summed E-state index contributed by atoms with van der Waals surface area (Å²) in [5.41, 5.74) is 0. The van der Waals surface area contributed by atoms with Gasteiger partial charge in [-0.05, 0) is 12.8 Å². The van der Waals surface area contributed by atoms with E-state index in [4.69, 9.17) is 14.0 Å². The smallest absolute Gasteiger partial charge is 0.227 e. The predicted molar refractivity (Wildman–Crippen MR) is 80.3 cm³/mol. The molecule has 2 aliphatic heterocycles. The van der Waals surface area contributed by atoms with E-state index in [1.165, 1.54) is 6.33 Å². The van der Waals surface area contributed by atoms with Crippen LogP contribution in [0.2, 0.25) is 0 Å². The molecule has 0 radical (unpaired) electrons. The second-order valence-corrected chi connectivity index (χ2v) is 6.06. The third-order valence-corrected chi connectivity index (χ3v) is 4.61. The lowest BCUT2D eigenvalue weighted by Crippen LogP contribution is -2.25. The molecule has 2 aromatic rings. The molecule has 0 saturated carbocycles. The molecule has 0 aromatic carbocycles. The lowest BCUT2D eigenvalue weighted by atomic mass is 9.90. The predicted octanol–water partition coefficient (Wildman–Crippen LogP) is 0.871. The normalized spacial score (nSPS) is 26.5. The first kappa shape index (κ1) is 14.4. The molecule has 23 heavy (non-hydrogen) atoms. The van der Waals surface area contributed by atoms with Gasteiger partial charge in [0, 0.05) is 31.5 Å². The molecule has 0 amide bonds. The van der Waals surface area contributed by atoms with Gasteiger partial charge in [0.05, 0.1) is 19.8 Å². The first-order valence-corrected chi connectivity index (χ1v) is 7.74. The van der Waals surface area contributed by atoms with Gasteiger partial charge in [-0.2, -0.15) is 4.98 Å². The van der Waals surface area contributed by atoms with Crippen molar-refractivity contribution in [3.63, 3.8) is 0 Å². The Morgan fingerprint density at radius 3 is 3.04 bits per heavy atom. The van der Waals surface area contributed by atoms with Crippen molar-refractivity contribution in [3.8, 4) is 5.88 Å². The van der Waals surface area contributed by atoms with Crippen LogP contribution in [-0.2, 0) is 11.2 Å².